The number of carbonyl (C=O) groups excluding carboxylic acids is 2. The third-order valence-corrected chi connectivity index (χ3v) is 5.81. The van der Waals surface area contributed by atoms with Crippen LogP contribution in [0.15, 0.2) is 0 Å². The van der Waals surface area contributed by atoms with Gasteiger partial charge in [0.2, 0.25) is 11.8 Å². The smallest absolute Gasteiger partial charge is 0.358 e. The van der Waals surface area contributed by atoms with Crippen LogP contribution in [0, 0.1) is 32.1 Å². The quantitative estimate of drug-likeness (QED) is 0.435. The van der Waals surface area contributed by atoms with E-state index < -0.39 is 0 Å². The Kier molecular flexibility index (Phi) is 17.0. The van der Waals surface area contributed by atoms with Crippen molar-refractivity contribution < 1.29 is 31.3 Å². The van der Waals surface area contributed by atoms with Crippen molar-refractivity contribution >= 4 is 11.8 Å². The van der Waals surface area contributed by atoms with Crippen molar-refractivity contribution in [3.8, 4) is 0 Å². The zero-order chi connectivity index (χ0) is 18.3. The minimum Gasteiger partial charge on any atom is -0.358 e. The third kappa shape index (κ3) is 9.13. The Morgan fingerprint density at radius 3 is 1.44 bits per heavy atom. The molecule has 1 saturated carbocycles. The van der Waals surface area contributed by atoms with Crippen molar-refractivity contribution in [2.75, 3.05) is 0 Å². The van der Waals surface area contributed by atoms with E-state index in [1.165, 1.54) is 0 Å². The average Bonchev–Trinajstić information content (AvgIpc) is 2.46. The summed E-state index contributed by atoms with van der Waals surface area (Å²) in [6.45, 7) is 13.2. The molecule has 0 spiro atoms. The summed E-state index contributed by atoms with van der Waals surface area (Å²) in [5.74, 6) is 1.33. The molecule has 27 heavy (non-hydrogen) atoms. The second kappa shape index (κ2) is 14.6. The van der Waals surface area contributed by atoms with Gasteiger partial charge in [0.1, 0.15) is 0 Å². The van der Waals surface area contributed by atoms with Crippen molar-refractivity contribution in [2.24, 2.45) is 17.3 Å². The summed E-state index contributed by atoms with van der Waals surface area (Å²) >= 11 is 0. The van der Waals surface area contributed by atoms with E-state index in [9.17, 15) is 9.59 Å². The summed E-state index contributed by atoms with van der Waals surface area (Å²) in [5.41, 5.74) is 0.159. The summed E-state index contributed by atoms with van der Waals surface area (Å²) in [4.78, 5) is 24.2. The summed E-state index contributed by atoms with van der Waals surface area (Å²) < 4.78 is 0. The third-order valence-electron chi connectivity index (χ3n) is 5.81. The molecule has 158 valence electrons. The molecule has 0 aliphatic heterocycles. The second-order valence-corrected chi connectivity index (χ2v) is 8.22. The van der Waals surface area contributed by atoms with Crippen molar-refractivity contribution in [2.45, 2.75) is 98.6 Å². The van der Waals surface area contributed by atoms with Crippen LogP contribution in [-0.4, -0.2) is 23.9 Å². The SMILES string of the molecule is CCCC(=O)NC1CC(NC(=O)CCC)CC(C(C)C)(C(C)C)C1.[CH3-].[CH3-].[Ti+2]. The molecule has 1 fully saturated rings. The Balaban J connectivity index is -0.00000192. The molecule has 0 radical (unpaired) electrons. The van der Waals surface area contributed by atoms with E-state index in [1.54, 1.807) is 0 Å². The molecule has 2 unspecified atom stereocenters. The average molecular weight is 416 g/mol. The fourth-order valence-corrected chi connectivity index (χ4v) is 4.39. The first-order valence-corrected chi connectivity index (χ1v) is 9.83. The maximum atomic E-state index is 12.1. The van der Waals surface area contributed by atoms with Gasteiger partial charge in [0.15, 0.2) is 0 Å². The van der Waals surface area contributed by atoms with Gasteiger partial charge in [-0.25, -0.2) is 0 Å². The molecule has 4 nitrogen and oxygen atoms in total. The van der Waals surface area contributed by atoms with Gasteiger partial charge < -0.3 is 25.5 Å². The largest absolute Gasteiger partial charge is 2.00 e. The number of amides is 2. The van der Waals surface area contributed by atoms with Gasteiger partial charge in [-0.1, -0.05) is 41.5 Å². The summed E-state index contributed by atoms with van der Waals surface area (Å²) in [7, 11) is 0. The molecule has 2 amide bonds. The van der Waals surface area contributed by atoms with Crippen LogP contribution >= 0.6 is 0 Å². The van der Waals surface area contributed by atoms with E-state index in [0.717, 1.165) is 32.1 Å². The zero-order valence-electron chi connectivity index (χ0n) is 19.1. The first-order chi connectivity index (χ1) is 11.2. The molecule has 1 aliphatic rings. The van der Waals surface area contributed by atoms with E-state index in [-0.39, 0.29) is 65.9 Å². The van der Waals surface area contributed by atoms with Gasteiger partial charge in [-0.2, -0.15) is 0 Å². The van der Waals surface area contributed by atoms with Gasteiger partial charge in [-0.15, -0.1) is 0 Å². The summed E-state index contributed by atoms with van der Waals surface area (Å²) in [6.07, 6.45) is 5.78. The monoisotopic (exact) mass is 416 g/mol. The standard InChI is InChI=1S/C20H38N2O2.2CH3.Ti/c1-7-9-18(23)21-16-11-17(22-19(24)10-8-2)13-20(12-16,14(3)4)15(5)6;;;/h14-17H,7-13H2,1-6H3,(H,21,23)(H,22,24);2*1H3;/q;2*-1;+2. The Morgan fingerprint density at radius 1 is 0.852 bits per heavy atom. The van der Waals surface area contributed by atoms with Crippen LogP contribution in [-0.2, 0) is 31.3 Å². The van der Waals surface area contributed by atoms with Crippen LogP contribution in [0.1, 0.15) is 86.5 Å². The van der Waals surface area contributed by atoms with Crippen molar-refractivity contribution in [3.63, 3.8) is 0 Å². The molecule has 2 atom stereocenters. The van der Waals surface area contributed by atoms with Crippen LogP contribution < -0.4 is 10.6 Å². The second-order valence-electron chi connectivity index (χ2n) is 8.22. The predicted octanol–water partition coefficient (Wildman–Crippen LogP) is 4.94. The van der Waals surface area contributed by atoms with Gasteiger partial charge in [-0.3, -0.25) is 9.59 Å². The van der Waals surface area contributed by atoms with Gasteiger partial charge in [-0.05, 0) is 49.4 Å². The molecule has 0 heterocycles. The number of rotatable bonds is 8. The predicted molar refractivity (Wildman–Crippen MR) is 112 cm³/mol. The number of nitrogens with one attached hydrogen (secondary N) is 2. The Hall–Kier alpha value is -0.346. The molecular formula is C22H44N2O2Ti. The Labute approximate surface area is 184 Å². The molecule has 2 N–H and O–H groups in total. The molecular weight excluding hydrogens is 372 g/mol. The van der Waals surface area contributed by atoms with E-state index in [1.807, 2.05) is 13.8 Å². The van der Waals surface area contributed by atoms with Crippen molar-refractivity contribution in [3.05, 3.63) is 14.9 Å². The van der Waals surface area contributed by atoms with Gasteiger partial charge in [0, 0.05) is 24.9 Å². The first kappa shape index (κ1) is 31.4. The van der Waals surface area contributed by atoms with Crippen LogP contribution in [0.3, 0.4) is 0 Å². The summed E-state index contributed by atoms with van der Waals surface area (Å²) in [6, 6.07) is 0.323. The maximum absolute atomic E-state index is 12.1. The molecule has 1 rings (SSSR count). The number of hydrogen-bond donors (Lipinski definition) is 2. The zero-order valence-corrected chi connectivity index (χ0v) is 20.6. The molecule has 0 aromatic carbocycles. The minimum absolute atomic E-state index is 0. The fraction of sp³-hybridized carbons (Fsp3) is 0.818. The molecule has 5 heteroatoms. The summed E-state index contributed by atoms with van der Waals surface area (Å²) in [5, 5.41) is 6.46. The van der Waals surface area contributed by atoms with Crippen molar-refractivity contribution in [1.82, 2.24) is 10.6 Å². The molecule has 0 saturated heterocycles. The van der Waals surface area contributed by atoms with E-state index in [0.29, 0.717) is 24.7 Å². The molecule has 0 bridgehead atoms. The van der Waals surface area contributed by atoms with Gasteiger partial charge in [0.05, 0.1) is 0 Å². The van der Waals surface area contributed by atoms with Gasteiger partial charge in [0.25, 0.3) is 0 Å². The van der Waals surface area contributed by atoms with Crippen LogP contribution in [0.4, 0.5) is 0 Å². The first-order valence-electron chi connectivity index (χ1n) is 9.83. The van der Waals surface area contributed by atoms with E-state index in [4.69, 9.17) is 0 Å². The number of carbonyl (C=O) groups is 2. The normalized spacial score (nSPS) is 20.7. The Bertz CT molecular complexity index is 387. The number of hydrogen-bond acceptors (Lipinski definition) is 2. The van der Waals surface area contributed by atoms with E-state index in [2.05, 4.69) is 38.3 Å². The topological polar surface area (TPSA) is 58.2 Å². The van der Waals surface area contributed by atoms with Crippen LogP contribution in [0.5, 0.6) is 0 Å². The van der Waals surface area contributed by atoms with Gasteiger partial charge >= 0.3 is 21.7 Å². The van der Waals surface area contributed by atoms with E-state index >= 15 is 0 Å². The maximum Gasteiger partial charge on any atom is 2.00 e. The van der Waals surface area contributed by atoms with Crippen LogP contribution in [0.25, 0.3) is 0 Å². The fourth-order valence-electron chi connectivity index (χ4n) is 4.39. The molecule has 1 aliphatic carbocycles. The molecule has 0 aromatic rings. The molecule has 0 aromatic heterocycles. The minimum atomic E-state index is 0. The Morgan fingerprint density at radius 2 is 1.19 bits per heavy atom. The van der Waals surface area contributed by atoms with Crippen molar-refractivity contribution in [1.29, 1.82) is 0 Å². The van der Waals surface area contributed by atoms with Crippen LogP contribution in [0.2, 0.25) is 0 Å².